The molecule has 23 heavy (non-hydrogen) atoms. The molecule has 2 atom stereocenters. The molecule has 126 valence electrons. The van der Waals surface area contributed by atoms with Crippen molar-refractivity contribution >= 4 is 15.7 Å². The number of benzene rings is 1. The van der Waals surface area contributed by atoms with Gasteiger partial charge in [0.1, 0.15) is 0 Å². The second kappa shape index (κ2) is 6.63. The van der Waals surface area contributed by atoms with Crippen molar-refractivity contribution in [2.24, 2.45) is 5.92 Å². The van der Waals surface area contributed by atoms with Crippen LogP contribution in [-0.2, 0) is 27.5 Å². The van der Waals surface area contributed by atoms with Crippen LogP contribution >= 0.6 is 0 Å². The van der Waals surface area contributed by atoms with Crippen LogP contribution in [0.3, 0.4) is 0 Å². The minimum absolute atomic E-state index is 0.117. The highest BCUT2D eigenvalue weighted by Gasteiger charge is 2.34. The van der Waals surface area contributed by atoms with Gasteiger partial charge >= 0.3 is 0 Å². The van der Waals surface area contributed by atoms with Crippen LogP contribution in [0.4, 0.5) is 0 Å². The number of aryl methyl sites for hydroxylation is 1. The molecule has 0 N–H and O–H groups in total. The van der Waals surface area contributed by atoms with E-state index >= 15 is 0 Å². The van der Waals surface area contributed by atoms with Gasteiger partial charge in [-0.2, -0.15) is 0 Å². The molecule has 1 fully saturated rings. The highest BCUT2D eigenvalue weighted by Crippen LogP contribution is 2.28. The summed E-state index contributed by atoms with van der Waals surface area (Å²) < 4.78 is 23.3. The molecule has 1 aromatic rings. The molecule has 1 saturated heterocycles. The van der Waals surface area contributed by atoms with E-state index in [0.717, 1.165) is 19.3 Å². The first-order chi connectivity index (χ1) is 11.0. The van der Waals surface area contributed by atoms with E-state index in [-0.39, 0.29) is 23.5 Å². The molecular formula is C18H25NO3S. The summed E-state index contributed by atoms with van der Waals surface area (Å²) in [6, 6.07) is 8.35. The van der Waals surface area contributed by atoms with Crippen LogP contribution in [0.15, 0.2) is 24.3 Å². The number of rotatable bonds is 4. The van der Waals surface area contributed by atoms with Gasteiger partial charge < -0.3 is 4.90 Å². The molecule has 4 nitrogen and oxygen atoms in total. The zero-order valence-corrected chi connectivity index (χ0v) is 14.5. The predicted molar refractivity (Wildman–Crippen MR) is 91.0 cm³/mol. The van der Waals surface area contributed by atoms with E-state index in [9.17, 15) is 13.2 Å². The van der Waals surface area contributed by atoms with Crippen molar-refractivity contribution < 1.29 is 13.2 Å². The topological polar surface area (TPSA) is 54.5 Å². The zero-order valence-electron chi connectivity index (χ0n) is 13.7. The molecule has 0 aromatic heterocycles. The normalized spacial score (nSPS) is 25.8. The molecular weight excluding hydrogens is 310 g/mol. The van der Waals surface area contributed by atoms with E-state index in [1.54, 1.807) is 4.90 Å². The summed E-state index contributed by atoms with van der Waals surface area (Å²) in [4.78, 5) is 14.5. The van der Waals surface area contributed by atoms with Crippen molar-refractivity contribution in [3.63, 3.8) is 0 Å². The fraction of sp³-hybridized carbons (Fsp3) is 0.611. The Morgan fingerprint density at radius 1 is 1.22 bits per heavy atom. The third-order valence-corrected chi connectivity index (χ3v) is 6.97. The van der Waals surface area contributed by atoms with Crippen molar-refractivity contribution in [1.82, 2.24) is 4.90 Å². The Kier molecular flexibility index (Phi) is 4.76. The number of carbonyl (C=O) groups is 1. The van der Waals surface area contributed by atoms with Gasteiger partial charge in [0.25, 0.3) is 0 Å². The van der Waals surface area contributed by atoms with Gasteiger partial charge in [0.05, 0.1) is 11.5 Å². The standard InChI is InChI=1S/C18H25NO3S/c1-2-19(17-9-10-23(21,22)13-17)18(20)12-14-7-8-15-5-3-4-6-16(15)11-14/h3-6,14,17H,2,7-13H2,1H3/t14-,17+/m1/s1. The van der Waals surface area contributed by atoms with Crippen LogP contribution in [0.1, 0.15) is 37.3 Å². The lowest BCUT2D eigenvalue weighted by Gasteiger charge is -2.30. The molecule has 1 heterocycles. The van der Waals surface area contributed by atoms with Crippen molar-refractivity contribution in [1.29, 1.82) is 0 Å². The van der Waals surface area contributed by atoms with E-state index in [1.165, 1.54) is 11.1 Å². The third kappa shape index (κ3) is 3.77. The van der Waals surface area contributed by atoms with Gasteiger partial charge in [-0.25, -0.2) is 8.42 Å². The van der Waals surface area contributed by atoms with Crippen molar-refractivity contribution in [3.8, 4) is 0 Å². The quantitative estimate of drug-likeness (QED) is 0.848. The lowest BCUT2D eigenvalue weighted by atomic mass is 9.82. The smallest absolute Gasteiger partial charge is 0.223 e. The van der Waals surface area contributed by atoms with Crippen molar-refractivity contribution in [3.05, 3.63) is 35.4 Å². The number of fused-ring (bicyclic) bond motifs is 1. The first-order valence-electron chi connectivity index (χ1n) is 8.55. The Bertz CT molecular complexity index is 683. The summed E-state index contributed by atoms with van der Waals surface area (Å²) in [6.07, 6.45) is 4.18. The van der Waals surface area contributed by atoms with Crippen LogP contribution in [0, 0.1) is 5.92 Å². The Hall–Kier alpha value is -1.36. The monoisotopic (exact) mass is 335 g/mol. The second-order valence-electron chi connectivity index (χ2n) is 6.82. The largest absolute Gasteiger partial charge is 0.339 e. The summed E-state index contributed by atoms with van der Waals surface area (Å²) in [5.41, 5.74) is 2.77. The average Bonchev–Trinajstić information content (AvgIpc) is 2.87. The molecule has 1 aliphatic carbocycles. The minimum atomic E-state index is -2.95. The minimum Gasteiger partial charge on any atom is -0.339 e. The number of hydrogen-bond donors (Lipinski definition) is 0. The van der Waals surface area contributed by atoms with E-state index in [2.05, 4.69) is 24.3 Å². The molecule has 1 aromatic carbocycles. The fourth-order valence-electron chi connectivity index (χ4n) is 3.97. The molecule has 0 radical (unpaired) electrons. The highest BCUT2D eigenvalue weighted by molar-refractivity contribution is 7.91. The molecule has 1 amide bonds. The summed E-state index contributed by atoms with van der Waals surface area (Å²) in [5, 5.41) is 0. The molecule has 0 bridgehead atoms. The number of sulfone groups is 1. The second-order valence-corrected chi connectivity index (χ2v) is 9.05. The van der Waals surface area contributed by atoms with E-state index in [4.69, 9.17) is 0 Å². The van der Waals surface area contributed by atoms with Gasteiger partial charge in [-0.15, -0.1) is 0 Å². The molecule has 1 aliphatic heterocycles. The Morgan fingerprint density at radius 3 is 2.61 bits per heavy atom. The van der Waals surface area contributed by atoms with E-state index < -0.39 is 9.84 Å². The van der Waals surface area contributed by atoms with Crippen LogP contribution < -0.4 is 0 Å². The number of amides is 1. The Morgan fingerprint density at radius 2 is 1.96 bits per heavy atom. The first-order valence-corrected chi connectivity index (χ1v) is 10.4. The van der Waals surface area contributed by atoms with Gasteiger partial charge in [-0.1, -0.05) is 24.3 Å². The SMILES string of the molecule is CCN(C(=O)C[C@@H]1CCc2ccccc2C1)[C@H]1CCS(=O)(=O)C1. The molecule has 3 rings (SSSR count). The highest BCUT2D eigenvalue weighted by atomic mass is 32.2. The predicted octanol–water partition coefficient (Wildman–Crippen LogP) is 2.22. The van der Waals surface area contributed by atoms with Crippen LogP contribution in [-0.4, -0.2) is 43.3 Å². The average molecular weight is 335 g/mol. The van der Waals surface area contributed by atoms with Crippen molar-refractivity contribution in [2.45, 2.75) is 45.1 Å². The van der Waals surface area contributed by atoms with Crippen LogP contribution in [0.2, 0.25) is 0 Å². The lowest BCUT2D eigenvalue weighted by molar-refractivity contribution is -0.133. The van der Waals surface area contributed by atoms with Crippen LogP contribution in [0.25, 0.3) is 0 Å². The van der Waals surface area contributed by atoms with E-state index in [1.807, 2.05) is 6.92 Å². The molecule has 0 saturated carbocycles. The molecule has 0 spiro atoms. The van der Waals surface area contributed by atoms with Gasteiger partial charge in [0, 0.05) is 19.0 Å². The first kappa shape index (κ1) is 16.5. The summed E-state index contributed by atoms with van der Waals surface area (Å²) in [6.45, 7) is 2.54. The van der Waals surface area contributed by atoms with Crippen molar-refractivity contribution in [2.75, 3.05) is 18.1 Å². The Balaban J connectivity index is 1.62. The maximum absolute atomic E-state index is 12.7. The molecule has 2 aliphatic rings. The van der Waals surface area contributed by atoms with Crippen LogP contribution in [0.5, 0.6) is 0 Å². The summed E-state index contributed by atoms with van der Waals surface area (Å²) in [7, 11) is -2.95. The summed E-state index contributed by atoms with van der Waals surface area (Å²) in [5.74, 6) is 0.863. The number of carbonyl (C=O) groups excluding carboxylic acids is 1. The molecule has 5 heteroatoms. The third-order valence-electron chi connectivity index (χ3n) is 5.22. The Labute approximate surface area is 138 Å². The maximum atomic E-state index is 12.7. The van der Waals surface area contributed by atoms with E-state index in [0.29, 0.717) is 25.3 Å². The summed E-state index contributed by atoms with van der Waals surface area (Å²) >= 11 is 0. The van der Waals surface area contributed by atoms with Gasteiger partial charge in [-0.3, -0.25) is 4.79 Å². The lowest BCUT2D eigenvalue weighted by Crippen LogP contribution is -2.42. The maximum Gasteiger partial charge on any atom is 0.223 e. The number of nitrogens with zero attached hydrogens (tertiary/aromatic N) is 1. The van der Waals surface area contributed by atoms with Gasteiger partial charge in [-0.05, 0) is 49.7 Å². The fourth-order valence-corrected chi connectivity index (χ4v) is 5.70. The van der Waals surface area contributed by atoms with Gasteiger partial charge in [0.15, 0.2) is 9.84 Å². The van der Waals surface area contributed by atoms with Gasteiger partial charge in [0.2, 0.25) is 5.91 Å². The number of hydrogen-bond acceptors (Lipinski definition) is 3. The zero-order chi connectivity index (χ0) is 16.4. The molecule has 0 unspecified atom stereocenters.